The molecule has 0 spiro atoms. The Bertz CT molecular complexity index is 568. The Morgan fingerprint density at radius 1 is 1.00 bits per heavy atom. The predicted molar refractivity (Wildman–Crippen MR) is 80.3 cm³/mol. The highest BCUT2D eigenvalue weighted by Gasteiger charge is 2.10. The van der Waals surface area contributed by atoms with Gasteiger partial charge in [-0.15, -0.1) is 0 Å². The zero-order valence-electron chi connectivity index (χ0n) is 12.2. The number of aromatic nitrogens is 1. The van der Waals surface area contributed by atoms with E-state index in [0.717, 1.165) is 17.8 Å². The van der Waals surface area contributed by atoms with Gasteiger partial charge in [-0.05, 0) is 62.9 Å². The molecule has 2 rings (SSSR count). The lowest BCUT2D eigenvalue weighted by atomic mass is 9.95. The van der Waals surface area contributed by atoms with Crippen molar-refractivity contribution < 1.29 is 0 Å². The predicted octanol–water partition coefficient (Wildman–Crippen LogP) is 3.56. The van der Waals surface area contributed by atoms with Crippen molar-refractivity contribution in [3.05, 3.63) is 64.0 Å². The molecule has 1 heterocycles. The molecule has 0 fully saturated rings. The second kappa shape index (κ2) is 5.54. The van der Waals surface area contributed by atoms with Gasteiger partial charge in [0.25, 0.3) is 0 Å². The highest BCUT2D eigenvalue weighted by Crippen LogP contribution is 2.20. The SMILES string of the molecule is Cc1ccc(C)c(CC(N)c2cc(C)nc(C)c2)c1. The average Bonchev–Trinajstić information content (AvgIpc) is 2.32. The Labute approximate surface area is 115 Å². The maximum absolute atomic E-state index is 6.36. The molecular weight excluding hydrogens is 232 g/mol. The molecule has 2 N–H and O–H groups in total. The Morgan fingerprint density at radius 2 is 1.63 bits per heavy atom. The third kappa shape index (κ3) is 3.42. The van der Waals surface area contributed by atoms with Gasteiger partial charge in [0.2, 0.25) is 0 Å². The van der Waals surface area contributed by atoms with Crippen LogP contribution in [0.5, 0.6) is 0 Å². The maximum Gasteiger partial charge on any atom is 0.0379 e. The molecule has 1 atom stereocenters. The summed E-state index contributed by atoms with van der Waals surface area (Å²) in [5, 5.41) is 0. The molecule has 1 aromatic carbocycles. The first-order chi connectivity index (χ1) is 8.95. The fraction of sp³-hybridized carbons (Fsp3) is 0.353. The molecule has 1 aromatic heterocycles. The van der Waals surface area contributed by atoms with E-state index in [-0.39, 0.29) is 6.04 Å². The molecule has 0 amide bonds. The van der Waals surface area contributed by atoms with Crippen LogP contribution in [0.3, 0.4) is 0 Å². The summed E-state index contributed by atoms with van der Waals surface area (Å²) in [6.45, 7) is 8.29. The largest absolute Gasteiger partial charge is 0.324 e. The van der Waals surface area contributed by atoms with Crippen molar-refractivity contribution in [1.29, 1.82) is 0 Å². The molecule has 0 radical (unpaired) electrons. The fourth-order valence-corrected chi connectivity index (χ4v) is 2.46. The summed E-state index contributed by atoms with van der Waals surface area (Å²) in [5.41, 5.74) is 13.5. The smallest absolute Gasteiger partial charge is 0.0379 e. The van der Waals surface area contributed by atoms with Crippen LogP contribution in [0.4, 0.5) is 0 Å². The number of benzene rings is 1. The van der Waals surface area contributed by atoms with E-state index < -0.39 is 0 Å². The molecule has 0 saturated carbocycles. The number of hydrogen-bond acceptors (Lipinski definition) is 2. The third-order valence-electron chi connectivity index (χ3n) is 3.48. The first-order valence-corrected chi connectivity index (χ1v) is 6.72. The van der Waals surface area contributed by atoms with Gasteiger partial charge in [-0.2, -0.15) is 0 Å². The van der Waals surface area contributed by atoms with E-state index in [0.29, 0.717) is 0 Å². The fourth-order valence-electron chi connectivity index (χ4n) is 2.46. The van der Waals surface area contributed by atoms with E-state index in [1.165, 1.54) is 22.3 Å². The van der Waals surface area contributed by atoms with Gasteiger partial charge >= 0.3 is 0 Å². The number of nitrogens with two attached hydrogens (primary N) is 1. The molecule has 0 aliphatic heterocycles. The normalized spacial score (nSPS) is 12.5. The van der Waals surface area contributed by atoms with Gasteiger partial charge in [0.05, 0.1) is 0 Å². The minimum Gasteiger partial charge on any atom is -0.324 e. The summed E-state index contributed by atoms with van der Waals surface area (Å²) in [6.07, 6.45) is 0.871. The van der Waals surface area contributed by atoms with Crippen LogP contribution in [0.2, 0.25) is 0 Å². The Hall–Kier alpha value is -1.67. The van der Waals surface area contributed by atoms with Gasteiger partial charge in [-0.1, -0.05) is 23.8 Å². The van der Waals surface area contributed by atoms with Crippen molar-refractivity contribution in [2.24, 2.45) is 5.73 Å². The molecule has 0 aliphatic rings. The van der Waals surface area contributed by atoms with Crippen LogP contribution >= 0.6 is 0 Å². The van der Waals surface area contributed by atoms with E-state index in [1.54, 1.807) is 0 Å². The number of rotatable bonds is 3. The lowest BCUT2D eigenvalue weighted by Gasteiger charge is -2.15. The van der Waals surface area contributed by atoms with Crippen molar-refractivity contribution in [3.8, 4) is 0 Å². The first-order valence-electron chi connectivity index (χ1n) is 6.72. The maximum atomic E-state index is 6.36. The number of aryl methyl sites for hydroxylation is 4. The van der Waals surface area contributed by atoms with Crippen molar-refractivity contribution >= 4 is 0 Å². The lowest BCUT2D eigenvalue weighted by molar-refractivity contribution is 0.714. The second-order valence-electron chi connectivity index (χ2n) is 5.42. The van der Waals surface area contributed by atoms with E-state index in [4.69, 9.17) is 5.73 Å². The molecule has 0 bridgehead atoms. The van der Waals surface area contributed by atoms with Gasteiger partial charge in [-0.3, -0.25) is 4.98 Å². The lowest BCUT2D eigenvalue weighted by Crippen LogP contribution is -2.15. The van der Waals surface area contributed by atoms with Gasteiger partial charge in [0, 0.05) is 17.4 Å². The number of pyridine rings is 1. The summed E-state index contributed by atoms with van der Waals surface area (Å²) in [6, 6.07) is 10.7. The molecule has 0 saturated heterocycles. The Balaban J connectivity index is 2.25. The third-order valence-corrected chi connectivity index (χ3v) is 3.48. The van der Waals surface area contributed by atoms with Gasteiger partial charge < -0.3 is 5.73 Å². The minimum atomic E-state index is 0.0286. The highest BCUT2D eigenvalue weighted by molar-refractivity contribution is 5.33. The summed E-state index contributed by atoms with van der Waals surface area (Å²) in [5.74, 6) is 0. The van der Waals surface area contributed by atoms with E-state index >= 15 is 0 Å². The minimum absolute atomic E-state index is 0.0286. The van der Waals surface area contributed by atoms with E-state index in [9.17, 15) is 0 Å². The summed E-state index contributed by atoms with van der Waals surface area (Å²) < 4.78 is 0. The molecule has 2 aromatic rings. The summed E-state index contributed by atoms with van der Waals surface area (Å²) in [4.78, 5) is 4.40. The molecule has 2 heteroatoms. The average molecular weight is 254 g/mol. The number of nitrogens with zero attached hydrogens (tertiary/aromatic N) is 1. The molecule has 2 nitrogen and oxygen atoms in total. The first kappa shape index (κ1) is 13.8. The topological polar surface area (TPSA) is 38.9 Å². The second-order valence-corrected chi connectivity index (χ2v) is 5.42. The molecule has 0 aliphatic carbocycles. The van der Waals surface area contributed by atoms with Crippen molar-refractivity contribution in [2.75, 3.05) is 0 Å². The van der Waals surface area contributed by atoms with Gasteiger partial charge in [0.1, 0.15) is 0 Å². The highest BCUT2D eigenvalue weighted by atomic mass is 14.7. The number of hydrogen-bond donors (Lipinski definition) is 1. The standard InChI is InChI=1S/C17H22N2/c1-11-5-6-12(2)15(7-11)10-17(18)16-8-13(3)19-14(4)9-16/h5-9,17H,10,18H2,1-4H3. The van der Waals surface area contributed by atoms with Gasteiger partial charge in [0.15, 0.2) is 0 Å². The zero-order chi connectivity index (χ0) is 14.0. The Kier molecular flexibility index (Phi) is 4.01. The molecule has 19 heavy (non-hydrogen) atoms. The van der Waals surface area contributed by atoms with Gasteiger partial charge in [-0.25, -0.2) is 0 Å². The van der Waals surface area contributed by atoms with Crippen LogP contribution in [0.15, 0.2) is 30.3 Å². The van der Waals surface area contributed by atoms with Crippen LogP contribution in [-0.2, 0) is 6.42 Å². The van der Waals surface area contributed by atoms with Crippen LogP contribution < -0.4 is 5.73 Å². The van der Waals surface area contributed by atoms with Crippen molar-refractivity contribution in [3.63, 3.8) is 0 Å². The molecular formula is C17H22N2. The van der Waals surface area contributed by atoms with Crippen molar-refractivity contribution in [2.45, 2.75) is 40.2 Å². The zero-order valence-corrected chi connectivity index (χ0v) is 12.2. The summed E-state index contributed by atoms with van der Waals surface area (Å²) >= 11 is 0. The van der Waals surface area contributed by atoms with Crippen LogP contribution in [0.25, 0.3) is 0 Å². The van der Waals surface area contributed by atoms with Crippen LogP contribution in [-0.4, -0.2) is 4.98 Å². The molecule has 1 unspecified atom stereocenters. The van der Waals surface area contributed by atoms with E-state index in [1.807, 2.05) is 13.8 Å². The molecule has 100 valence electrons. The Morgan fingerprint density at radius 3 is 2.26 bits per heavy atom. The van der Waals surface area contributed by atoms with Crippen LogP contribution in [0, 0.1) is 27.7 Å². The van der Waals surface area contributed by atoms with Crippen molar-refractivity contribution in [1.82, 2.24) is 4.98 Å². The quantitative estimate of drug-likeness (QED) is 0.909. The van der Waals surface area contributed by atoms with E-state index in [2.05, 4.69) is 49.2 Å². The van der Waals surface area contributed by atoms with Crippen LogP contribution in [0.1, 0.15) is 39.7 Å². The summed E-state index contributed by atoms with van der Waals surface area (Å²) in [7, 11) is 0. The monoisotopic (exact) mass is 254 g/mol.